The Morgan fingerprint density at radius 3 is 2.25 bits per heavy atom. The van der Waals surface area contributed by atoms with E-state index in [0.717, 1.165) is 44.6 Å². The van der Waals surface area contributed by atoms with Crippen LogP contribution in [-0.2, 0) is 11.3 Å². The van der Waals surface area contributed by atoms with Crippen molar-refractivity contribution in [2.75, 3.05) is 39.3 Å². The molecule has 0 bridgehead atoms. The number of likely N-dealkylation sites (tertiary alicyclic amines) is 1. The Morgan fingerprint density at radius 1 is 1.00 bits per heavy atom. The highest BCUT2D eigenvalue weighted by atomic mass is 35.5. The Hall–Kier alpha value is -1.79. The second kappa shape index (κ2) is 8.70. The first kappa shape index (κ1) is 20.9. The zero-order valence-corrected chi connectivity index (χ0v) is 17.8. The van der Waals surface area contributed by atoms with Crippen LogP contribution in [0.15, 0.2) is 18.2 Å². The first-order valence-corrected chi connectivity index (χ1v) is 10.4. The van der Waals surface area contributed by atoms with Crippen LogP contribution >= 0.6 is 11.6 Å². The number of benzene rings is 1. The van der Waals surface area contributed by atoms with Gasteiger partial charge in [0.2, 0.25) is 0 Å². The molecule has 3 rings (SSSR count). The Bertz CT molecular complexity index is 718. The maximum absolute atomic E-state index is 13.0. The fourth-order valence-electron chi connectivity index (χ4n) is 3.67. The SMILES string of the molecule is CC(C)(C)OC(=O)N1CCN(Cc2cccc(Cl)c2C(=O)N2CCCC2)CC1. The first-order chi connectivity index (χ1) is 13.2. The molecule has 2 fully saturated rings. The van der Waals surface area contributed by atoms with Crippen LogP contribution in [0, 0.1) is 0 Å². The number of hydrogen-bond acceptors (Lipinski definition) is 4. The van der Waals surface area contributed by atoms with Gasteiger partial charge in [0.1, 0.15) is 5.60 Å². The highest BCUT2D eigenvalue weighted by Gasteiger charge is 2.28. The minimum absolute atomic E-state index is 0.0329. The normalized spacial score (nSPS) is 18.4. The van der Waals surface area contributed by atoms with Crippen LogP contribution in [0.25, 0.3) is 0 Å². The maximum Gasteiger partial charge on any atom is 0.410 e. The van der Waals surface area contributed by atoms with Crippen molar-refractivity contribution in [2.24, 2.45) is 0 Å². The fourth-order valence-corrected chi connectivity index (χ4v) is 3.95. The van der Waals surface area contributed by atoms with Crippen LogP contribution in [0.4, 0.5) is 4.79 Å². The molecular formula is C21H30ClN3O3. The van der Waals surface area contributed by atoms with Gasteiger partial charge in [0.25, 0.3) is 5.91 Å². The van der Waals surface area contributed by atoms with Gasteiger partial charge in [0.15, 0.2) is 0 Å². The molecule has 0 atom stereocenters. The lowest BCUT2D eigenvalue weighted by atomic mass is 10.0. The average molecular weight is 408 g/mol. The largest absolute Gasteiger partial charge is 0.444 e. The molecule has 0 aliphatic carbocycles. The fraction of sp³-hybridized carbons (Fsp3) is 0.619. The van der Waals surface area contributed by atoms with Gasteiger partial charge in [-0.2, -0.15) is 0 Å². The second-order valence-electron chi connectivity index (χ2n) is 8.52. The third kappa shape index (κ3) is 5.17. The number of halogens is 1. The molecule has 2 heterocycles. The Balaban J connectivity index is 1.63. The van der Waals surface area contributed by atoms with E-state index in [0.29, 0.717) is 30.2 Å². The Labute approximate surface area is 172 Å². The monoisotopic (exact) mass is 407 g/mol. The number of ether oxygens (including phenoxy) is 1. The van der Waals surface area contributed by atoms with Crippen molar-refractivity contribution in [3.8, 4) is 0 Å². The molecule has 0 saturated carbocycles. The topological polar surface area (TPSA) is 53.1 Å². The van der Waals surface area contributed by atoms with Crippen LogP contribution < -0.4 is 0 Å². The summed E-state index contributed by atoms with van der Waals surface area (Å²) in [5.74, 6) is 0.0329. The molecule has 1 aromatic carbocycles. The summed E-state index contributed by atoms with van der Waals surface area (Å²) in [5, 5.41) is 0.516. The van der Waals surface area contributed by atoms with Crippen molar-refractivity contribution in [3.05, 3.63) is 34.3 Å². The molecule has 0 N–H and O–H groups in total. The van der Waals surface area contributed by atoms with Crippen LogP contribution in [-0.4, -0.2) is 71.6 Å². The lowest BCUT2D eigenvalue weighted by Gasteiger charge is -2.36. The molecule has 7 heteroatoms. The zero-order chi connectivity index (χ0) is 20.3. The summed E-state index contributed by atoms with van der Waals surface area (Å²) in [5.41, 5.74) is 1.09. The Morgan fingerprint density at radius 2 is 1.64 bits per heavy atom. The molecule has 0 unspecified atom stereocenters. The number of hydrogen-bond donors (Lipinski definition) is 0. The minimum atomic E-state index is -0.486. The number of piperazine rings is 1. The van der Waals surface area contributed by atoms with Crippen molar-refractivity contribution in [2.45, 2.75) is 45.8 Å². The van der Waals surface area contributed by atoms with Crippen LogP contribution in [0.2, 0.25) is 5.02 Å². The van der Waals surface area contributed by atoms with Crippen LogP contribution in [0.3, 0.4) is 0 Å². The van der Waals surface area contributed by atoms with E-state index < -0.39 is 5.60 Å². The van der Waals surface area contributed by atoms with E-state index in [1.165, 1.54) is 0 Å². The standard InChI is InChI=1S/C21H30ClN3O3/c1-21(2,3)28-20(27)25-13-11-23(12-14-25)15-16-7-6-8-17(22)18(16)19(26)24-9-4-5-10-24/h6-8H,4-5,9-15H2,1-3H3. The van der Waals surface area contributed by atoms with Crippen molar-refractivity contribution < 1.29 is 14.3 Å². The quantitative estimate of drug-likeness (QED) is 0.767. The maximum atomic E-state index is 13.0. The molecule has 28 heavy (non-hydrogen) atoms. The summed E-state index contributed by atoms with van der Waals surface area (Å²) in [6.07, 6.45) is 1.84. The summed E-state index contributed by atoms with van der Waals surface area (Å²) in [6, 6.07) is 5.67. The molecule has 2 saturated heterocycles. The van der Waals surface area contributed by atoms with Crippen molar-refractivity contribution in [1.29, 1.82) is 0 Å². The lowest BCUT2D eigenvalue weighted by molar-refractivity contribution is 0.0139. The van der Waals surface area contributed by atoms with Gasteiger partial charge in [-0.1, -0.05) is 23.7 Å². The molecule has 2 aliphatic heterocycles. The number of rotatable bonds is 3. The van der Waals surface area contributed by atoms with E-state index in [-0.39, 0.29) is 12.0 Å². The van der Waals surface area contributed by atoms with Crippen molar-refractivity contribution in [1.82, 2.24) is 14.7 Å². The average Bonchev–Trinajstić information content (AvgIpc) is 3.15. The molecule has 0 radical (unpaired) electrons. The summed E-state index contributed by atoms with van der Waals surface area (Å²) in [6.45, 7) is 10.6. The van der Waals surface area contributed by atoms with Crippen molar-refractivity contribution >= 4 is 23.6 Å². The first-order valence-electron chi connectivity index (χ1n) is 10.0. The summed E-state index contributed by atoms with van der Waals surface area (Å²) in [4.78, 5) is 31.1. The smallest absolute Gasteiger partial charge is 0.410 e. The van der Waals surface area contributed by atoms with Gasteiger partial charge in [0.05, 0.1) is 10.6 Å². The van der Waals surface area contributed by atoms with E-state index in [1.807, 2.05) is 37.8 Å². The number of amides is 2. The predicted molar refractivity (Wildman–Crippen MR) is 110 cm³/mol. The number of nitrogens with zero attached hydrogens (tertiary/aromatic N) is 3. The lowest BCUT2D eigenvalue weighted by Crippen LogP contribution is -2.49. The van der Waals surface area contributed by atoms with Gasteiger partial charge in [-0.15, -0.1) is 0 Å². The highest BCUT2D eigenvalue weighted by molar-refractivity contribution is 6.34. The van der Waals surface area contributed by atoms with Crippen LogP contribution in [0.5, 0.6) is 0 Å². The third-order valence-electron chi connectivity index (χ3n) is 5.12. The summed E-state index contributed by atoms with van der Waals surface area (Å²) >= 11 is 6.41. The summed E-state index contributed by atoms with van der Waals surface area (Å²) in [7, 11) is 0. The summed E-state index contributed by atoms with van der Waals surface area (Å²) < 4.78 is 5.45. The van der Waals surface area contributed by atoms with Crippen molar-refractivity contribution in [3.63, 3.8) is 0 Å². The van der Waals surface area contributed by atoms with E-state index in [2.05, 4.69) is 4.90 Å². The number of carbonyl (C=O) groups excluding carboxylic acids is 2. The minimum Gasteiger partial charge on any atom is -0.444 e. The highest BCUT2D eigenvalue weighted by Crippen LogP contribution is 2.25. The van der Waals surface area contributed by atoms with Gasteiger partial charge < -0.3 is 14.5 Å². The molecule has 2 amide bonds. The molecular weight excluding hydrogens is 378 g/mol. The van der Waals surface area contributed by atoms with E-state index in [1.54, 1.807) is 11.0 Å². The van der Waals surface area contributed by atoms with Gasteiger partial charge in [-0.25, -0.2) is 4.79 Å². The van der Waals surface area contributed by atoms with Gasteiger partial charge >= 0.3 is 6.09 Å². The molecule has 1 aromatic rings. The van der Waals surface area contributed by atoms with Gasteiger partial charge in [0, 0.05) is 45.8 Å². The second-order valence-corrected chi connectivity index (χ2v) is 8.92. The third-order valence-corrected chi connectivity index (χ3v) is 5.44. The van der Waals surface area contributed by atoms with Crippen LogP contribution in [0.1, 0.15) is 49.5 Å². The molecule has 154 valence electrons. The van der Waals surface area contributed by atoms with E-state index in [4.69, 9.17) is 16.3 Å². The van der Waals surface area contributed by atoms with E-state index in [9.17, 15) is 9.59 Å². The molecule has 0 spiro atoms. The predicted octanol–water partition coefficient (Wildman–Crippen LogP) is 3.63. The zero-order valence-electron chi connectivity index (χ0n) is 17.0. The molecule has 2 aliphatic rings. The van der Waals surface area contributed by atoms with Gasteiger partial charge in [-0.05, 0) is 45.2 Å². The molecule has 0 aromatic heterocycles. The Kier molecular flexibility index (Phi) is 6.50. The molecule has 6 nitrogen and oxygen atoms in total. The van der Waals surface area contributed by atoms with Gasteiger partial charge in [-0.3, -0.25) is 9.69 Å². The number of carbonyl (C=O) groups is 2. The van der Waals surface area contributed by atoms with E-state index >= 15 is 0 Å².